The molecule has 0 spiro atoms. The van der Waals surface area contributed by atoms with E-state index in [1.165, 1.54) is 6.92 Å². The van der Waals surface area contributed by atoms with E-state index in [1.807, 2.05) is 0 Å². The normalized spacial score (nSPS) is 12.2. The van der Waals surface area contributed by atoms with Crippen molar-refractivity contribution >= 4 is 11.7 Å². The summed E-state index contributed by atoms with van der Waals surface area (Å²) < 4.78 is 0. The maximum atomic E-state index is 10.9. The molecule has 1 unspecified atom stereocenters. The first-order chi connectivity index (χ1) is 5.57. The van der Waals surface area contributed by atoms with Crippen LogP contribution in [0.2, 0.25) is 0 Å². The van der Waals surface area contributed by atoms with Crippen LogP contribution in [0, 0.1) is 0 Å². The number of rotatable bonds is 5. The smallest absolute Gasteiger partial charge is 0.223 e. The van der Waals surface area contributed by atoms with Gasteiger partial charge < -0.3 is 16.4 Å². The molecule has 70 valence electrons. The Morgan fingerprint density at radius 2 is 2.08 bits per heavy atom. The van der Waals surface area contributed by atoms with E-state index in [0.717, 1.165) is 0 Å². The molecule has 0 saturated carbocycles. The number of nitrogens with one attached hydrogen (secondary N) is 2. The molecule has 0 aliphatic heterocycles. The quantitative estimate of drug-likeness (QED) is 0.446. The van der Waals surface area contributed by atoms with Crippen molar-refractivity contribution in [1.29, 1.82) is 0 Å². The highest BCUT2D eigenvalue weighted by molar-refractivity contribution is 5.87. The average molecular weight is 173 g/mol. The van der Waals surface area contributed by atoms with E-state index >= 15 is 0 Å². The lowest BCUT2D eigenvalue weighted by molar-refractivity contribution is -0.125. The summed E-state index contributed by atoms with van der Waals surface area (Å²) in [5.41, 5.74) is 5.36. The molecule has 5 heteroatoms. The fraction of sp³-hybridized carbons (Fsp3) is 0.714. The predicted molar refractivity (Wildman–Crippen MR) is 45.3 cm³/mol. The third-order valence-electron chi connectivity index (χ3n) is 1.39. The Kier molecular flexibility index (Phi) is 5.23. The van der Waals surface area contributed by atoms with Gasteiger partial charge in [-0.05, 0) is 14.0 Å². The van der Waals surface area contributed by atoms with Crippen molar-refractivity contribution in [2.75, 3.05) is 13.7 Å². The highest BCUT2D eigenvalue weighted by atomic mass is 16.2. The van der Waals surface area contributed by atoms with E-state index in [9.17, 15) is 9.59 Å². The molecule has 0 aliphatic rings. The van der Waals surface area contributed by atoms with Crippen molar-refractivity contribution < 1.29 is 9.59 Å². The summed E-state index contributed by atoms with van der Waals surface area (Å²) in [6.07, 6.45) is 0.0526. The van der Waals surface area contributed by atoms with E-state index in [4.69, 9.17) is 5.73 Å². The fourth-order valence-corrected chi connectivity index (χ4v) is 0.603. The van der Waals surface area contributed by atoms with Crippen molar-refractivity contribution in [1.82, 2.24) is 10.6 Å². The van der Waals surface area contributed by atoms with Crippen LogP contribution in [-0.2, 0) is 9.59 Å². The Hall–Kier alpha value is -0.940. The van der Waals surface area contributed by atoms with Gasteiger partial charge in [-0.25, -0.2) is 0 Å². The van der Waals surface area contributed by atoms with E-state index < -0.39 is 6.04 Å². The molecule has 12 heavy (non-hydrogen) atoms. The first-order valence-corrected chi connectivity index (χ1v) is 3.75. The summed E-state index contributed by atoms with van der Waals surface area (Å²) in [4.78, 5) is 21.6. The minimum Gasteiger partial charge on any atom is -0.343 e. The highest BCUT2D eigenvalue weighted by Gasteiger charge is 2.12. The molecule has 0 saturated heterocycles. The van der Waals surface area contributed by atoms with Gasteiger partial charge in [0.1, 0.15) is 5.78 Å². The number of amides is 1. The minimum absolute atomic E-state index is 0.0526. The zero-order chi connectivity index (χ0) is 9.56. The second-order valence-electron chi connectivity index (χ2n) is 2.55. The molecule has 1 amide bonds. The van der Waals surface area contributed by atoms with Gasteiger partial charge in [-0.1, -0.05) is 0 Å². The van der Waals surface area contributed by atoms with Crippen LogP contribution in [0.4, 0.5) is 0 Å². The summed E-state index contributed by atoms with van der Waals surface area (Å²) in [5, 5.41) is 5.28. The lowest BCUT2D eigenvalue weighted by Crippen LogP contribution is -2.38. The zero-order valence-corrected chi connectivity index (χ0v) is 7.39. The monoisotopic (exact) mass is 173 g/mol. The first-order valence-electron chi connectivity index (χ1n) is 3.75. The van der Waals surface area contributed by atoms with E-state index in [2.05, 4.69) is 10.6 Å². The van der Waals surface area contributed by atoms with Gasteiger partial charge in [-0.2, -0.15) is 0 Å². The Morgan fingerprint density at radius 1 is 1.50 bits per heavy atom. The van der Waals surface area contributed by atoms with Crippen LogP contribution in [0.5, 0.6) is 0 Å². The summed E-state index contributed by atoms with van der Waals surface area (Å²) in [6.45, 7) is 1.76. The van der Waals surface area contributed by atoms with Crippen molar-refractivity contribution in [2.45, 2.75) is 19.4 Å². The van der Waals surface area contributed by atoms with Crippen molar-refractivity contribution in [2.24, 2.45) is 5.73 Å². The number of carbonyl (C=O) groups is 2. The van der Waals surface area contributed by atoms with Gasteiger partial charge >= 0.3 is 0 Å². The number of hydrogen-bond donors (Lipinski definition) is 3. The van der Waals surface area contributed by atoms with Gasteiger partial charge in [0, 0.05) is 6.42 Å². The standard InChI is InChI=1S/C7H15N3O2/c1-5(11)6(8)3-7(12)10-4-9-2/h6,9H,3-4,8H2,1-2H3,(H,10,12). The van der Waals surface area contributed by atoms with Gasteiger partial charge in [0.2, 0.25) is 5.91 Å². The average Bonchev–Trinajstić information content (AvgIpc) is 2.00. The summed E-state index contributed by atoms with van der Waals surface area (Å²) in [6, 6.07) is -0.679. The van der Waals surface area contributed by atoms with Gasteiger partial charge in [0.25, 0.3) is 0 Å². The van der Waals surface area contributed by atoms with Gasteiger partial charge in [0.15, 0.2) is 0 Å². The summed E-state index contributed by atoms with van der Waals surface area (Å²) in [5.74, 6) is -0.387. The molecule has 0 aromatic rings. The molecule has 4 N–H and O–H groups in total. The van der Waals surface area contributed by atoms with Crippen LogP contribution in [-0.4, -0.2) is 31.4 Å². The van der Waals surface area contributed by atoms with Crippen molar-refractivity contribution in [3.8, 4) is 0 Å². The van der Waals surface area contributed by atoms with Crippen molar-refractivity contribution in [3.63, 3.8) is 0 Å². The second-order valence-corrected chi connectivity index (χ2v) is 2.55. The molecule has 0 radical (unpaired) electrons. The van der Waals surface area contributed by atoms with Crippen LogP contribution in [0.1, 0.15) is 13.3 Å². The van der Waals surface area contributed by atoms with Crippen LogP contribution in [0.25, 0.3) is 0 Å². The molecule has 0 aromatic heterocycles. The van der Waals surface area contributed by atoms with Gasteiger partial charge in [0.05, 0.1) is 12.7 Å². The maximum absolute atomic E-state index is 10.9. The Bertz CT molecular complexity index is 170. The Morgan fingerprint density at radius 3 is 2.50 bits per heavy atom. The van der Waals surface area contributed by atoms with Crippen LogP contribution >= 0.6 is 0 Å². The number of Topliss-reactive ketones (excluding diaryl/α,β-unsaturated/α-hetero) is 1. The van der Waals surface area contributed by atoms with E-state index in [1.54, 1.807) is 7.05 Å². The number of hydrogen-bond acceptors (Lipinski definition) is 4. The van der Waals surface area contributed by atoms with Gasteiger partial charge in [-0.3, -0.25) is 9.59 Å². The topological polar surface area (TPSA) is 84.2 Å². The fourth-order valence-electron chi connectivity index (χ4n) is 0.603. The maximum Gasteiger partial charge on any atom is 0.223 e. The largest absolute Gasteiger partial charge is 0.343 e. The predicted octanol–water partition coefficient (Wildman–Crippen LogP) is -1.41. The number of ketones is 1. The first kappa shape index (κ1) is 11.1. The van der Waals surface area contributed by atoms with E-state index in [-0.39, 0.29) is 18.1 Å². The second kappa shape index (κ2) is 5.68. The number of nitrogens with two attached hydrogens (primary N) is 1. The highest BCUT2D eigenvalue weighted by Crippen LogP contribution is 1.88. The SMILES string of the molecule is CNCNC(=O)CC(N)C(C)=O. The van der Waals surface area contributed by atoms with Gasteiger partial charge in [-0.15, -0.1) is 0 Å². The minimum atomic E-state index is -0.679. The Balaban J connectivity index is 3.61. The molecular weight excluding hydrogens is 158 g/mol. The van der Waals surface area contributed by atoms with Crippen LogP contribution in [0.15, 0.2) is 0 Å². The molecule has 0 rings (SSSR count). The van der Waals surface area contributed by atoms with E-state index in [0.29, 0.717) is 6.67 Å². The molecule has 0 aromatic carbocycles. The summed E-state index contributed by atoms with van der Waals surface area (Å²) >= 11 is 0. The molecule has 0 fully saturated rings. The molecule has 0 aliphatic carbocycles. The molecule has 1 atom stereocenters. The zero-order valence-electron chi connectivity index (χ0n) is 7.39. The number of carbonyl (C=O) groups excluding carboxylic acids is 2. The third-order valence-corrected chi connectivity index (χ3v) is 1.39. The van der Waals surface area contributed by atoms with Crippen LogP contribution in [0.3, 0.4) is 0 Å². The molecule has 5 nitrogen and oxygen atoms in total. The van der Waals surface area contributed by atoms with Crippen molar-refractivity contribution in [3.05, 3.63) is 0 Å². The molecule has 0 heterocycles. The summed E-state index contributed by atoms with van der Waals surface area (Å²) in [7, 11) is 1.71. The molecular formula is C7H15N3O2. The lowest BCUT2D eigenvalue weighted by atomic mass is 10.1. The van der Waals surface area contributed by atoms with Crippen LogP contribution < -0.4 is 16.4 Å². The Labute approximate surface area is 71.7 Å². The lowest BCUT2D eigenvalue weighted by Gasteiger charge is -2.07. The third kappa shape index (κ3) is 4.81. The molecule has 0 bridgehead atoms.